The van der Waals surface area contributed by atoms with Gasteiger partial charge in [0.2, 0.25) is 0 Å². The molecular formula is C33H39IrNO2. The van der Waals surface area contributed by atoms with Crippen molar-refractivity contribution in [2.45, 2.75) is 61.3 Å². The number of ketones is 1. The van der Waals surface area contributed by atoms with Crippen LogP contribution in [0.4, 0.5) is 0 Å². The molecule has 0 saturated carbocycles. The average Bonchev–Trinajstić information content (AvgIpc) is 2.82. The fourth-order valence-electron chi connectivity index (χ4n) is 3.69. The molecule has 0 bridgehead atoms. The molecule has 0 unspecified atom stereocenters. The Morgan fingerprint density at radius 3 is 2.19 bits per heavy atom. The molecule has 3 aromatic carbocycles. The average molecular weight is 674 g/mol. The van der Waals surface area contributed by atoms with Crippen LogP contribution in [-0.2, 0) is 20.1 Å². The molecule has 3 nitrogen and oxygen atoms in total. The van der Waals surface area contributed by atoms with Crippen molar-refractivity contribution in [3.05, 3.63) is 90.3 Å². The van der Waals surface area contributed by atoms with E-state index in [0.717, 1.165) is 11.3 Å². The second-order valence-electron chi connectivity index (χ2n) is 11.6. The van der Waals surface area contributed by atoms with Crippen molar-refractivity contribution in [3.63, 3.8) is 0 Å². The van der Waals surface area contributed by atoms with Crippen LogP contribution < -0.4 is 0 Å². The first-order valence-corrected chi connectivity index (χ1v) is 12.5. The number of aromatic nitrogens is 1. The number of pyridine rings is 1. The second kappa shape index (κ2) is 12.2. The number of hydrogen-bond acceptors (Lipinski definition) is 2. The minimum Gasteiger partial charge on any atom is -0.511 e. The summed E-state index contributed by atoms with van der Waals surface area (Å²) < 4.78 is 0. The Morgan fingerprint density at radius 2 is 1.57 bits per heavy atom. The maximum atomic E-state index is 9.60. The first kappa shape index (κ1) is 30.4. The number of allylic oxidation sites excluding steroid dienone is 2. The fourth-order valence-corrected chi connectivity index (χ4v) is 3.69. The van der Waals surface area contributed by atoms with Gasteiger partial charge in [-0.05, 0) is 60.0 Å². The van der Waals surface area contributed by atoms with Crippen LogP contribution in [0, 0.1) is 16.9 Å². The Labute approximate surface area is 235 Å². The summed E-state index contributed by atoms with van der Waals surface area (Å²) in [5.41, 5.74) is 2.78. The number of rotatable bonds is 3. The van der Waals surface area contributed by atoms with Crippen LogP contribution in [-0.4, -0.2) is 20.7 Å². The van der Waals surface area contributed by atoms with Crippen molar-refractivity contribution >= 4 is 27.3 Å². The zero-order valence-electron chi connectivity index (χ0n) is 23.2. The normalized spacial score (nSPS) is 12.2. The van der Waals surface area contributed by atoms with E-state index in [4.69, 9.17) is 0 Å². The number of aliphatic hydroxyl groups is 1. The maximum Gasteiger partial charge on any atom is 0.325 e. The summed E-state index contributed by atoms with van der Waals surface area (Å²) in [6.07, 6.45) is 3.35. The summed E-state index contributed by atoms with van der Waals surface area (Å²) in [5, 5.41) is 14.6. The number of aliphatic hydroxyl groups excluding tert-OH is 1. The molecule has 0 amide bonds. The van der Waals surface area contributed by atoms with E-state index < -0.39 is 0 Å². The Kier molecular flexibility index (Phi) is 9.99. The summed E-state index contributed by atoms with van der Waals surface area (Å²) >= 11 is 0. The van der Waals surface area contributed by atoms with Crippen LogP contribution in [0.25, 0.3) is 32.8 Å². The molecule has 1 aromatic heterocycles. The number of hydrogen-bond donors (Lipinski definition) is 1. The molecule has 4 rings (SSSR count). The van der Waals surface area contributed by atoms with E-state index in [1.807, 2.05) is 53.8 Å². The van der Waals surface area contributed by atoms with E-state index in [9.17, 15) is 9.90 Å². The Balaban J connectivity index is 0.000000299. The summed E-state index contributed by atoms with van der Waals surface area (Å²) in [6, 6.07) is 24.7. The van der Waals surface area contributed by atoms with Gasteiger partial charge >= 0.3 is 5.78 Å². The van der Waals surface area contributed by atoms with Crippen LogP contribution in [0.1, 0.15) is 66.9 Å². The number of fused-ring (bicyclic) bond motifs is 3. The molecule has 0 spiro atoms. The van der Waals surface area contributed by atoms with Gasteiger partial charge in [-0.2, -0.15) is 0 Å². The van der Waals surface area contributed by atoms with Gasteiger partial charge in [-0.3, -0.25) is 4.79 Å². The Bertz CT molecular complexity index is 1410. The van der Waals surface area contributed by atoms with Gasteiger partial charge in [0.05, 0.1) is 11.5 Å². The van der Waals surface area contributed by atoms with Gasteiger partial charge in [-0.25, -0.2) is 0 Å². The molecule has 0 aliphatic carbocycles. The van der Waals surface area contributed by atoms with E-state index in [1.165, 1.54) is 33.2 Å². The van der Waals surface area contributed by atoms with Crippen molar-refractivity contribution in [2.75, 3.05) is 0 Å². The van der Waals surface area contributed by atoms with Crippen LogP contribution >= 0.6 is 0 Å². The van der Waals surface area contributed by atoms with Gasteiger partial charge < -0.3 is 10.1 Å². The van der Waals surface area contributed by atoms with Crippen LogP contribution in [0.2, 0.25) is 0 Å². The SMILES string of the molecule is CC(C)(C)C(=[OH+])/C=C(\O)C(C)(C)C.CC(C)c1cc[c-]c(-c2nccc3c2ccc2ccccc23)c1.[Ir]. The van der Waals surface area contributed by atoms with E-state index in [2.05, 4.69) is 79.5 Å². The summed E-state index contributed by atoms with van der Waals surface area (Å²) in [6.45, 7) is 15.8. The molecule has 1 heterocycles. The molecule has 197 valence electrons. The van der Waals surface area contributed by atoms with Crippen LogP contribution in [0.5, 0.6) is 0 Å². The molecule has 0 saturated heterocycles. The van der Waals surface area contributed by atoms with E-state index in [0.29, 0.717) is 5.92 Å². The number of carbonyl (C=O) groups excluding carboxylic acids is 1. The van der Waals surface area contributed by atoms with Gasteiger partial charge in [-0.15, -0.1) is 35.4 Å². The van der Waals surface area contributed by atoms with Gasteiger partial charge in [0.1, 0.15) is 5.76 Å². The number of benzene rings is 3. The molecule has 0 atom stereocenters. The predicted molar refractivity (Wildman–Crippen MR) is 154 cm³/mol. The maximum absolute atomic E-state index is 9.60. The third-order valence-corrected chi connectivity index (χ3v) is 6.23. The molecule has 4 aromatic rings. The third kappa shape index (κ3) is 7.60. The van der Waals surface area contributed by atoms with Crippen LogP contribution in [0.3, 0.4) is 0 Å². The topological polar surface area (TPSA) is 54.5 Å². The van der Waals surface area contributed by atoms with Gasteiger partial charge in [0.25, 0.3) is 0 Å². The molecule has 2 N–H and O–H groups in total. The van der Waals surface area contributed by atoms with Crippen molar-refractivity contribution < 1.29 is 30.0 Å². The third-order valence-electron chi connectivity index (χ3n) is 6.23. The Morgan fingerprint density at radius 1 is 0.892 bits per heavy atom. The first-order valence-electron chi connectivity index (χ1n) is 12.5. The summed E-state index contributed by atoms with van der Waals surface area (Å²) in [5.74, 6) is 0.916. The summed E-state index contributed by atoms with van der Waals surface area (Å²) in [7, 11) is 0. The molecule has 1 radical (unpaired) electrons. The molecule has 4 heteroatoms. The second-order valence-corrected chi connectivity index (χ2v) is 11.6. The fraction of sp³-hybridized carbons (Fsp3) is 0.333. The minimum absolute atomic E-state index is 0. The zero-order chi connectivity index (χ0) is 26.7. The van der Waals surface area contributed by atoms with Gasteiger partial charge in [-0.1, -0.05) is 71.0 Å². The molecular weight excluding hydrogens is 635 g/mol. The van der Waals surface area contributed by atoms with Crippen molar-refractivity contribution in [2.24, 2.45) is 10.8 Å². The van der Waals surface area contributed by atoms with Gasteiger partial charge in [0.15, 0.2) is 0 Å². The molecule has 0 fully saturated rings. The minimum atomic E-state index is -0.306. The van der Waals surface area contributed by atoms with E-state index >= 15 is 0 Å². The van der Waals surface area contributed by atoms with Gasteiger partial charge in [0, 0.05) is 31.7 Å². The van der Waals surface area contributed by atoms with Crippen molar-refractivity contribution in [1.29, 1.82) is 0 Å². The van der Waals surface area contributed by atoms with E-state index in [1.54, 1.807) is 0 Å². The molecule has 0 aliphatic heterocycles. The molecule has 37 heavy (non-hydrogen) atoms. The quantitative estimate of drug-likeness (QED) is 0.0776. The smallest absolute Gasteiger partial charge is 0.325 e. The molecule has 0 aliphatic rings. The standard InChI is InChI=1S/C22H18N.C11H20O2.Ir/c1-15(2)17-7-5-8-18(14-17)22-21-11-10-16-6-3-4-9-19(16)20(21)12-13-23-22;1-10(2,3)8(12)7-9(13)11(4,5)6;/h3-7,9-15H,1-2H3;7,12H,1-6H3;/q-1;;/p+1/b;8-7-;. The van der Waals surface area contributed by atoms with Crippen molar-refractivity contribution in [3.8, 4) is 11.3 Å². The first-order chi connectivity index (χ1) is 16.8. The predicted octanol–water partition coefficient (Wildman–Crippen LogP) is 9.04. The van der Waals surface area contributed by atoms with Crippen LogP contribution in [0.15, 0.2) is 78.7 Å². The monoisotopic (exact) mass is 674 g/mol. The zero-order valence-corrected chi connectivity index (χ0v) is 25.6. The van der Waals surface area contributed by atoms with E-state index in [-0.39, 0.29) is 42.5 Å². The largest absolute Gasteiger partial charge is 0.511 e. The van der Waals surface area contributed by atoms with Crippen molar-refractivity contribution in [1.82, 2.24) is 4.98 Å². The summed E-state index contributed by atoms with van der Waals surface area (Å²) in [4.78, 5) is 14.3. The number of nitrogens with zero attached hydrogens (tertiary/aromatic N) is 1. The Hall–Kier alpha value is -2.81.